The SMILES string of the molecule is CNC1CCCc2nc(N(Cc3cccs3)C3CC3)sc21. The number of thiazole rings is 1. The largest absolute Gasteiger partial charge is 0.340 e. The van der Waals surface area contributed by atoms with Gasteiger partial charge in [-0.05, 0) is 50.6 Å². The highest BCUT2D eigenvalue weighted by molar-refractivity contribution is 7.15. The summed E-state index contributed by atoms with van der Waals surface area (Å²) in [7, 11) is 2.07. The number of nitrogens with one attached hydrogen (secondary N) is 1. The summed E-state index contributed by atoms with van der Waals surface area (Å²) in [6, 6.07) is 5.62. The first kappa shape index (κ1) is 13.7. The molecule has 2 aromatic heterocycles. The average Bonchev–Trinajstić information content (AvgIpc) is 3.04. The first-order chi connectivity index (χ1) is 10.3. The Morgan fingerprint density at radius 3 is 3.00 bits per heavy atom. The van der Waals surface area contributed by atoms with Crippen molar-refractivity contribution < 1.29 is 0 Å². The molecule has 0 bridgehead atoms. The molecule has 4 rings (SSSR count). The van der Waals surface area contributed by atoms with Gasteiger partial charge in [0, 0.05) is 21.8 Å². The monoisotopic (exact) mass is 319 g/mol. The summed E-state index contributed by atoms with van der Waals surface area (Å²) in [4.78, 5) is 10.5. The van der Waals surface area contributed by atoms with Crippen LogP contribution in [0, 0.1) is 0 Å². The van der Waals surface area contributed by atoms with Crippen LogP contribution in [0.2, 0.25) is 0 Å². The molecule has 0 saturated heterocycles. The zero-order valence-electron chi connectivity index (χ0n) is 12.3. The smallest absolute Gasteiger partial charge is 0.186 e. The second-order valence-electron chi connectivity index (χ2n) is 5.98. The topological polar surface area (TPSA) is 28.2 Å². The number of hydrogen-bond acceptors (Lipinski definition) is 5. The number of rotatable bonds is 5. The number of anilines is 1. The second-order valence-corrected chi connectivity index (χ2v) is 8.02. The molecule has 0 radical (unpaired) electrons. The van der Waals surface area contributed by atoms with Gasteiger partial charge in [-0.3, -0.25) is 0 Å². The Hall–Kier alpha value is -0.910. The lowest BCUT2D eigenvalue weighted by atomic mass is 9.98. The molecule has 2 aliphatic rings. The molecule has 1 unspecified atom stereocenters. The maximum absolute atomic E-state index is 5.00. The van der Waals surface area contributed by atoms with Crippen LogP contribution in [0.25, 0.3) is 0 Å². The van der Waals surface area contributed by atoms with E-state index in [0.717, 1.165) is 13.0 Å². The number of hydrogen-bond donors (Lipinski definition) is 1. The number of aryl methyl sites for hydroxylation is 1. The molecule has 21 heavy (non-hydrogen) atoms. The maximum atomic E-state index is 5.00. The van der Waals surface area contributed by atoms with Gasteiger partial charge in [0.1, 0.15) is 0 Å². The summed E-state index contributed by atoms with van der Waals surface area (Å²) < 4.78 is 0. The summed E-state index contributed by atoms with van der Waals surface area (Å²) in [5.74, 6) is 0. The maximum Gasteiger partial charge on any atom is 0.186 e. The third-order valence-electron chi connectivity index (χ3n) is 4.43. The minimum absolute atomic E-state index is 0.516. The van der Waals surface area contributed by atoms with Gasteiger partial charge in [-0.15, -0.1) is 11.3 Å². The van der Waals surface area contributed by atoms with E-state index in [-0.39, 0.29) is 0 Å². The molecule has 3 nitrogen and oxygen atoms in total. The van der Waals surface area contributed by atoms with Gasteiger partial charge in [0.05, 0.1) is 12.2 Å². The zero-order valence-corrected chi connectivity index (χ0v) is 14.0. The summed E-state index contributed by atoms with van der Waals surface area (Å²) in [6.07, 6.45) is 6.31. The molecule has 112 valence electrons. The highest BCUT2D eigenvalue weighted by atomic mass is 32.1. The van der Waals surface area contributed by atoms with E-state index in [2.05, 4.69) is 34.8 Å². The molecule has 1 fully saturated rings. The lowest BCUT2D eigenvalue weighted by Gasteiger charge is -2.20. The Labute approximate surface area is 134 Å². The summed E-state index contributed by atoms with van der Waals surface area (Å²) >= 11 is 3.78. The summed E-state index contributed by atoms with van der Waals surface area (Å²) in [5, 5.41) is 6.88. The first-order valence-electron chi connectivity index (χ1n) is 7.81. The molecule has 1 atom stereocenters. The van der Waals surface area contributed by atoms with Gasteiger partial charge < -0.3 is 10.2 Å². The average molecular weight is 319 g/mol. The first-order valence-corrected chi connectivity index (χ1v) is 9.50. The third-order valence-corrected chi connectivity index (χ3v) is 6.54. The lowest BCUT2D eigenvalue weighted by Crippen LogP contribution is -2.24. The van der Waals surface area contributed by atoms with E-state index in [4.69, 9.17) is 4.98 Å². The van der Waals surface area contributed by atoms with E-state index >= 15 is 0 Å². The number of thiophene rings is 1. The van der Waals surface area contributed by atoms with E-state index in [1.54, 1.807) is 0 Å². The summed E-state index contributed by atoms with van der Waals surface area (Å²) in [5.41, 5.74) is 1.34. The molecular weight excluding hydrogens is 298 g/mol. The molecule has 1 N–H and O–H groups in total. The van der Waals surface area contributed by atoms with Crippen LogP contribution in [0.5, 0.6) is 0 Å². The van der Waals surface area contributed by atoms with Gasteiger partial charge in [-0.25, -0.2) is 4.98 Å². The van der Waals surface area contributed by atoms with Crippen molar-refractivity contribution in [2.24, 2.45) is 0 Å². The van der Waals surface area contributed by atoms with Gasteiger partial charge in [-0.1, -0.05) is 17.4 Å². The molecule has 2 heterocycles. The van der Waals surface area contributed by atoms with Crippen LogP contribution in [0.4, 0.5) is 5.13 Å². The molecule has 2 aromatic rings. The van der Waals surface area contributed by atoms with Crippen LogP contribution in [-0.4, -0.2) is 18.1 Å². The van der Waals surface area contributed by atoms with Crippen molar-refractivity contribution in [3.05, 3.63) is 33.0 Å². The third kappa shape index (κ3) is 2.74. The van der Waals surface area contributed by atoms with Crippen molar-refractivity contribution in [2.45, 2.75) is 50.7 Å². The molecule has 0 aliphatic heterocycles. The molecule has 1 saturated carbocycles. The van der Waals surface area contributed by atoms with Gasteiger partial charge >= 0.3 is 0 Å². The Morgan fingerprint density at radius 2 is 2.29 bits per heavy atom. The number of nitrogens with zero attached hydrogens (tertiary/aromatic N) is 2. The summed E-state index contributed by atoms with van der Waals surface area (Å²) in [6.45, 7) is 1.03. The van der Waals surface area contributed by atoms with Crippen LogP contribution >= 0.6 is 22.7 Å². The van der Waals surface area contributed by atoms with E-state index < -0.39 is 0 Å². The van der Waals surface area contributed by atoms with Crippen molar-refractivity contribution in [1.82, 2.24) is 10.3 Å². The lowest BCUT2D eigenvalue weighted by molar-refractivity contribution is 0.501. The van der Waals surface area contributed by atoms with E-state index in [0.29, 0.717) is 12.1 Å². The molecule has 0 spiro atoms. The van der Waals surface area contributed by atoms with Gasteiger partial charge in [-0.2, -0.15) is 0 Å². The van der Waals surface area contributed by atoms with Crippen LogP contribution in [0.3, 0.4) is 0 Å². The highest BCUT2D eigenvalue weighted by Crippen LogP contribution is 2.41. The normalized spacial score (nSPS) is 21.3. The minimum atomic E-state index is 0.516. The van der Waals surface area contributed by atoms with E-state index in [9.17, 15) is 0 Å². The van der Waals surface area contributed by atoms with Crippen LogP contribution < -0.4 is 10.2 Å². The van der Waals surface area contributed by atoms with Gasteiger partial charge in [0.2, 0.25) is 0 Å². The van der Waals surface area contributed by atoms with E-state index in [1.807, 2.05) is 22.7 Å². The predicted molar refractivity (Wildman–Crippen MR) is 90.4 cm³/mol. The Morgan fingerprint density at radius 1 is 1.38 bits per heavy atom. The van der Waals surface area contributed by atoms with Gasteiger partial charge in [0.25, 0.3) is 0 Å². The molecule has 5 heteroatoms. The molecule has 0 aromatic carbocycles. The zero-order chi connectivity index (χ0) is 14.2. The Balaban J connectivity index is 1.62. The molecule has 0 amide bonds. The van der Waals surface area contributed by atoms with Crippen molar-refractivity contribution in [1.29, 1.82) is 0 Å². The fraction of sp³-hybridized carbons (Fsp3) is 0.562. The minimum Gasteiger partial charge on any atom is -0.340 e. The highest BCUT2D eigenvalue weighted by Gasteiger charge is 2.33. The quantitative estimate of drug-likeness (QED) is 0.904. The Kier molecular flexibility index (Phi) is 3.73. The van der Waals surface area contributed by atoms with Crippen molar-refractivity contribution in [2.75, 3.05) is 11.9 Å². The molecular formula is C16H21N3S2. The Bertz CT molecular complexity index is 601. The molecule has 2 aliphatic carbocycles. The van der Waals surface area contributed by atoms with Crippen LogP contribution in [0.15, 0.2) is 17.5 Å². The van der Waals surface area contributed by atoms with Gasteiger partial charge in [0.15, 0.2) is 5.13 Å². The number of aromatic nitrogens is 1. The van der Waals surface area contributed by atoms with Crippen molar-refractivity contribution >= 4 is 27.8 Å². The predicted octanol–water partition coefficient (Wildman–Crippen LogP) is 3.97. The number of fused-ring (bicyclic) bond motifs is 1. The fourth-order valence-corrected chi connectivity index (χ4v) is 5.14. The second kappa shape index (κ2) is 5.71. The van der Waals surface area contributed by atoms with Crippen molar-refractivity contribution in [3.8, 4) is 0 Å². The van der Waals surface area contributed by atoms with E-state index in [1.165, 1.54) is 46.3 Å². The van der Waals surface area contributed by atoms with Crippen LogP contribution in [-0.2, 0) is 13.0 Å². The van der Waals surface area contributed by atoms with Crippen molar-refractivity contribution in [3.63, 3.8) is 0 Å². The standard InChI is InChI=1S/C16H21N3S2/c1-17-13-5-2-6-14-15(13)21-16(18-14)19(11-7-8-11)10-12-4-3-9-20-12/h3-4,9,11,13,17H,2,5-8,10H2,1H3. The fourth-order valence-electron chi connectivity index (χ4n) is 3.11. The van der Waals surface area contributed by atoms with Crippen LogP contribution in [0.1, 0.15) is 47.2 Å².